The normalized spacial score (nSPS) is 31.4. The minimum atomic E-state index is 0.283. The Morgan fingerprint density at radius 1 is 1.38 bits per heavy atom. The molecule has 0 radical (unpaired) electrons. The first-order chi connectivity index (χ1) is 9.90. The van der Waals surface area contributed by atoms with E-state index in [1.165, 1.54) is 29.4 Å². The topological polar surface area (TPSA) is 33.1 Å². The average Bonchev–Trinajstić information content (AvgIpc) is 3.23. The highest BCUT2D eigenvalue weighted by molar-refractivity contribution is 9.10. The molecular formula is C16H27BrN4. The van der Waals surface area contributed by atoms with E-state index in [0.29, 0.717) is 6.04 Å². The van der Waals surface area contributed by atoms with Crippen LogP contribution in [0.25, 0.3) is 0 Å². The van der Waals surface area contributed by atoms with Crippen molar-refractivity contribution in [2.24, 2.45) is 13.0 Å². The Bertz CT molecular complexity index is 523. The second-order valence-corrected chi connectivity index (χ2v) is 7.92. The van der Waals surface area contributed by atoms with E-state index in [0.717, 1.165) is 31.2 Å². The molecule has 1 saturated carbocycles. The second-order valence-electron chi connectivity index (χ2n) is 7.13. The van der Waals surface area contributed by atoms with Crippen LogP contribution < -0.4 is 5.32 Å². The minimum absolute atomic E-state index is 0.283. The van der Waals surface area contributed by atoms with Gasteiger partial charge in [-0.25, -0.2) is 0 Å². The zero-order valence-electron chi connectivity index (χ0n) is 13.6. The lowest BCUT2D eigenvalue weighted by molar-refractivity contribution is 0.151. The lowest BCUT2D eigenvalue weighted by atomic mass is 9.95. The van der Waals surface area contributed by atoms with E-state index in [-0.39, 0.29) is 5.54 Å². The molecular weight excluding hydrogens is 328 g/mol. The van der Waals surface area contributed by atoms with E-state index in [2.05, 4.69) is 52.0 Å². The molecule has 2 atom stereocenters. The SMILES string of the molecule is Cc1nn(C)c(CN2CC(C)(C3CC3)NCCC2C)c1Br. The van der Waals surface area contributed by atoms with Gasteiger partial charge in [0.25, 0.3) is 0 Å². The summed E-state index contributed by atoms with van der Waals surface area (Å²) in [5.74, 6) is 0.863. The van der Waals surface area contributed by atoms with Gasteiger partial charge < -0.3 is 5.32 Å². The summed E-state index contributed by atoms with van der Waals surface area (Å²) in [6.07, 6.45) is 4.00. The van der Waals surface area contributed by atoms with Crippen LogP contribution in [0.4, 0.5) is 0 Å². The molecule has 1 aliphatic heterocycles. The van der Waals surface area contributed by atoms with Crippen molar-refractivity contribution < 1.29 is 0 Å². The highest BCUT2D eigenvalue weighted by Gasteiger charge is 2.44. The van der Waals surface area contributed by atoms with Crippen LogP contribution in [0.2, 0.25) is 0 Å². The number of hydrogen-bond acceptors (Lipinski definition) is 3. The van der Waals surface area contributed by atoms with Gasteiger partial charge in [0.1, 0.15) is 0 Å². The fraction of sp³-hybridized carbons (Fsp3) is 0.812. The summed E-state index contributed by atoms with van der Waals surface area (Å²) in [7, 11) is 2.05. The van der Waals surface area contributed by atoms with Gasteiger partial charge in [-0.05, 0) is 68.4 Å². The number of nitrogens with zero attached hydrogens (tertiary/aromatic N) is 3. The molecule has 5 heteroatoms. The van der Waals surface area contributed by atoms with Crippen molar-refractivity contribution in [2.45, 2.75) is 58.2 Å². The molecule has 0 amide bonds. The van der Waals surface area contributed by atoms with E-state index < -0.39 is 0 Å². The smallest absolute Gasteiger partial charge is 0.0739 e. The van der Waals surface area contributed by atoms with E-state index >= 15 is 0 Å². The molecule has 2 aliphatic rings. The number of rotatable bonds is 3. The molecule has 3 rings (SSSR count). The first-order valence-electron chi connectivity index (χ1n) is 8.08. The average molecular weight is 355 g/mol. The predicted octanol–water partition coefficient (Wildman–Crippen LogP) is 2.84. The second kappa shape index (κ2) is 5.67. The summed E-state index contributed by atoms with van der Waals surface area (Å²) in [5, 5.41) is 8.36. The summed E-state index contributed by atoms with van der Waals surface area (Å²) in [5.41, 5.74) is 2.66. The van der Waals surface area contributed by atoms with Crippen LogP contribution in [0.15, 0.2) is 4.47 Å². The molecule has 2 heterocycles. The molecule has 1 N–H and O–H groups in total. The third-order valence-electron chi connectivity index (χ3n) is 5.34. The van der Waals surface area contributed by atoms with Crippen LogP contribution >= 0.6 is 15.9 Å². The highest BCUT2D eigenvalue weighted by atomic mass is 79.9. The summed E-state index contributed by atoms with van der Waals surface area (Å²) in [4.78, 5) is 2.64. The van der Waals surface area contributed by atoms with Crippen LogP contribution in [0.5, 0.6) is 0 Å². The zero-order valence-corrected chi connectivity index (χ0v) is 15.2. The first kappa shape index (κ1) is 15.5. The van der Waals surface area contributed by atoms with Gasteiger partial charge in [-0.2, -0.15) is 5.10 Å². The first-order valence-corrected chi connectivity index (χ1v) is 8.87. The Kier molecular flexibility index (Phi) is 4.19. The molecule has 1 saturated heterocycles. The lowest BCUT2D eigenvalue weighted by Gasteiger charge is -2.36. The van der Waals surface area contributed by atoms with Gasteiger partial charge in [0, 0.05) is 31.7 Å². The zero-order chi connectivity index (χ0) is 15.2. The maximum absolute atomic E-state index is 4.54. The number of halogens is 1. The third kappa shape index (κ3) is 3.06. The molecule has 21 heavy (non-hydrogen) atoms. The summed E-state index contributed by atoms with van der Waals surface area (Å²) in [6, 6.07) is 0.611. The molecule has 1 aromatic heterocycles. The van der Waals surface area contributed by atoms with Gasteiger partial charge >= 0.3 is 0 Å². The quantitative estimate of drug-likeness (QED) is 0.905. The molecule has 2 unspecified atom stereocenters. The van der Waals surface area contributed by atoms with Gasteiger partial charge in [0.05, 0.1) is 15.9 Å². The van der Waals surface area contributed by atoms with Crippen LogP contribution in [0, 0.1) is 12.8 Å². The van der Waals surface area contributed by atoms with Crippen molar-refractivity contribution in [2.75, 3.05) is 13.1 Å². The van der Waals surface area contributed by atoms with Crippen molar-refractivity contribution in [3.05, 3.63) is 15.9 Å². The molecule has 4 nitrogen and oxygen atoms in total. The molecule has 1 aromatic rings. The fourth-order valence-corrected chi connectivity index (χ4v) is 4.09. The van der Waals surface area contributed by atoms with Crippen LogP contribution in [-0.4, -0.2) is 39.4 Å². The van der Waals surface area contributed by atoms with Crippen molar-refractivity contribution >= 4 is 15.9 Å². The van der Waals surface area contributed by atoms with E-state index in [4.69, 9.17) is 0 Å². The van der Waals surface area contributed by atoms with Crippen molar-refractivity contribution in [1.29, 1.82) is 0 Å². The third-order valence-corrected chi connectivity index (χ3v) is 6.37. The molecule has 1 aliphatic carbocycles. The molecule has 0 aromatic carbocycles. The summed E-state index contributed by atoms with van der Waals surface area (Å²) in [6.45, 7) is 10.1. The fourth-order valence-electron chi connectivity index (χ4n) is 3.63. The summed E-state index contributed by atoms with van der Waals surface area (Å²) < 4.78 is 3.20. The van der Waals surface area contributed by atoms with Gasteiger partial charge in [-0.15, -0.1) is 0 Å². The molecule has 2 fully saturated rings. The highest BCUT2D eigenvalue weighted by Crippen LogP contribution is 2.41. The Hall–Kier alpha value is -0.390. The maximum atomic E-state index is 4.54. The standard InChI is InChI=1S/C16H27BrN4/c1-11-7-8-18-16(3,13-5-6-13)10-21(11)9-14-15(17)12(2)19-20(14)4/h11,13,18H,5-10H2,1-4H3. The van der Waals surface area contributed by atoms with Gasteiger partial charge in [-0.1, -0.05) is 0 Å². The number of nitrogens with one attached hydrogen (secondary N) is 1. The maximum Gasteiger partial charge on any atom is 0.0739 e. The van der Waals surface area contributed by atoms with Gasteiger partial charge in [0.2, 0.25) is 0 Å². The van der Waals surface area contributed by atoms with E-state index in [1.807, 2.05) is 11.7 Å². The Morgan fingerprint density at radius 2 is 2.10 bits per heavy atom. The monoisotopic (exact) mass is 354 g/mol. The predicted molar refractivity (Wildman–Crippen MR) is 89.3 cm³/mol. The largest absolute Gasteiger partial charge is 0.310 e. The van der Waals surface area contributed by atoms with Crippen molar-refractivity contribution in [3.8, 4) is 0 Å². The van der Waals surface area contributed by atoms with Crippen molar-refractivity contribution in [3.63, 3.8) is 0 Å². The number of hydrogen-bond donors (Lipinski definition) is 1. The number of aromatic nitrogens is 2. The van der Waals surface area contributed by atoms with Gasteiger partial charge in [0.15, 0.2) is 0 Å². The van der Waals surface area contributed by atoms with Crippen molar-refractivity contribution in [1.82, 2.24) is 20.0 Å². The molecule has 0 bridgehead atoms. The number of aryl methyl sites for hydroxylation is 2. The van der Waals surface area contributed by atoms with Crippen LogP contribution in [-0.2, 0) is 13.6 Å². The van der Waals surface area contributed by atoms with E-state index in [1.54, 1.807) is 0 Å². The Labute approximate surface area is 136 Å². The molecule has 118 valence electrons. The van der Waals surface area contributed by atoms with Gasteiger partial charge in [-0.3, -0.25) is 9.58 Å². The molecule has 0 spiro atoms. The Balaban J connectivity index is 1.81. The van der Waals surface area contributed by atoms with Crippen LogP contribution in [0.3, 0.4) is 0 Å². The lowest BCUT2D eigenvalue weighted by Crippen LogP contribution is -2.51. The minimum Gasteiger partial charge on any atom is -0.310 e. The van der Waals surface area contributed by atoms with Crippen LogP contribution in [0.1, 0.15) is 44.5 Å². The Morgan fingerprint density at radius 3 is 2.67 bits per heavy atom. The summed E-state index contributed by atoms with van der Waals surface area (Å²) >= 11 is 3.71. The van der Waals surface area contributed by atoms with E-state index in [9.17, 15) is 0 Å².